The maximum atomic E-state index is 8.49. The van der Waals surface area contributed by atoms with Crippen molar-refractivity contribution in [2.45, 2.75) is 0 Å². The maximum Gasteiger partial charge on any atom is 0.307 e. The highest BCUT2D eigenvalue weighted by molar-refractivity contribution is 5.57. The van der Waals surface area contributed by atoms with E-state index in [0.717, 1.165) is 17.2 Å². The number of nitrogens with one attached hydrogen (secondary N) is 1. The normalized spacial score (nSPS) is 10.6. The Morgan fingerprint density at radius 3 is 1.96 bits per heavy atom. The highest BCUT2D eigenvalue weighted by Gasteiger charge is 2.14. The molecular weight excluding hydrogens is 348 g/mol. The third-order valence-corrected chi connectivity index (χ3v) is 2.90. The highest BCUT2D eigenvalue weighted by Crippen LogP contribution is 2.15. The van der Waals surface area contributed by atoms with Gasteiger partial charge in [-0.1, -0.05) is 46.2 Å². The predicted molar refractivity (Wildman–Crippen MR) is 79.9 cm³/mol. The van der Waals surface area contributed by atoms with Crippen molar-refractivity contribution < 1.29 is 33.6 Å². The molecule has 130 valence electrons. The number of rotatable bonds is 3. The fourth-order valence-corrected chi connectivity index (χ4v) is 1.98. The first-order chi connectivity index (χ1) is 11.8. The van der Waals surface area contributed by atoms with Gasteiger partial charge >= 0.3 is 5.82 Å². The first-order valence-electron chi connectivity index (χ1n) is 7.00. The molecule has 0 radical (unpaired) electrons. The highest BCUT2D eigenvalue weighted by atomic mass is 35.7. The van der Waals surface area contributed by atoms with Crippen LogP contribution in [0.5, 0.6) is 0 Å². The molecule has 0 fully saturated rings. The van der Waals surface area contributed by atoms with Crippen LogP contribution >= 0.6 is 0 Å². The minimum atomic E-state index is -4.94. The summed E-state index contributed by atoms with van der Waals surface area (Å²) in [5, 5.41) is 7.71. The third kappa shape index (κ3) is 6.71. The molecule has 0 aliphatic carbocycles. The summed E-state index contributed by atoms with van der Waals surface area (Å²) in [6, 6.07) is 21.7. The van der Waals surface area contributed by atoms with Crippen molar-refractivity contribution in [1.82, 2.24) is 5.10 Å². The molecule has 0 aliphatic heterocycles. The average Bonchev–Trinajstić information content (AvgIpc) is 2.55. The van der Waals surface area contributed by atoms with Crippen LogP contribution < -0.4 is 34.4 Å². The summed E-state index contributed by atoms with van der Waals surface area (Å²) in [6.45, 7) is 0. The van der Waals surface area contributed by atoms with E-state index in [-0.39, 0.29) is 0 Å². The lowest BCUT2D eigenvalue weighted by Gasteiger charge is -2.17. The van der Waals surface area contributed by atoms with Gasteiger partial charge in [0.1, 0.15) is 5.69 Å². The summed E-state index contributed by atoms with van der Waals surface area (Å²) >= 11 is 0. The quantitative estimate of drug-likeness (QED) is 0.508. The Labute approximate surface area is 146 Å². The minimum absolute atomic E-state index is 0.621. The van der Waals surface area contributed by atoms with Crippen LogP contribution in [0.3, 0.4) is 0 Å². The molecule has 25 heavy (non-hydrogen) atoms. The summed E-state index contributed by atoms with van der Waals surface area (Å²) in [5.74, 6) is 0.822. The van der Waals surface area contributed by atoms with Crippen molar-refractivity contribution in [3.63, 3.8) is 0 Å². The fourth-order valence-electron chi connectivity index (χ4n) is 1.98. The van der Waals surface area contributed by atoms with E-state index >= 15 is 0 Å². The van der Waals surface area contributed by atoms with E-state index in [9.17, 15) is 0 Å². The summed E-state index contributed by atoms with van der Waals surface area (Å²) in [6.07, 6.45) is 1.64. The second-order valence-electron chi connectivity index (χ2n) is 4.79. The molecule has 0 unspecified atom stereocenters. The van der Waals surface area contributed by atoms with Gasteiger partial charge in [0.05, 0.1) is 18.0 Å². The molecule has 0 atom stereocenters. The molecular formula is C16H15ClN4O4. The molecule has 0 saturated carbocycles. The molecule has 8 nitrogen and oxygen atoms in total. The summed E-state index contributed by atoms with van der Waals surface area (Å²) in [7, 11) is -4.94. The Kier molecular flexibility index (Phi) is 6.23. The van der Waals surface area contributed by atoms with Crippen molar-refractivity contribution in [3.8, 4) is 5.69 Å². The summed E-state index contributed by atoms with van der Waals surface area (Å²) in [4.78, 5) is 0. The molecule has 0 bridgehead atoms. The smallest absolute Gasteiger partial charge is 0.307 e. The Morgan fingerprint density at radius 2 is 1.40 bits per heavy atom. The number of hydrogen-bond donors (Lipinski definition) is 2. The number of benzene rings is 2. The van der Waals surface area contributed by atoms with E-state index in [2.05, 4.69) is 10.4 Å². The number of hydrogen-bond acceptors (Lipinski definition) is 7. The number of nitrogens with zero attached hydrogens (tertiary/aromatic N) is 2. The maximum absolute atomic E-state index is 8.49. The predicted octanol–water partition coefficient (Wildman–Crippen LogP) is -2.07. The van der Waals surface area contributed by atoms with Crippen LogP contribution in [-0.4, -0.2) is 5.10 Å². The van der Waals surface area contributed by atoms with Crippen LogP contribution in [0.4, 0.5) is 17.2 Å². The molecule has 0 aliphatic rings. The van der Waals surface area contributed by atoms with Crippen molar-refractivity contribution in [2.24, 2.45) is 0 Å². The zero-order chi connectivity index (χ0) is 18.3. The van der Waals surface area contributed by atoms with Gasteiger partial charge in [-0.15, -0.1) is 10.2 Å². The lowest BCUT2D eigenvalue weighted by molar-refractivity contribution is -2.00. The minimum Gasteiger partial charge on any atom is -0.397 e. The van der Waals surface area contributed by atoms with Crippen LogP contribution in [-0.2, 0) is 0 Å². The SMILES string of the molecule is Nc1cn[n+](-c2ccccc2)c(Nc2ccccc2)c1.[O-][Cl+3]([O-])([O-])[O-]. The van der Waals surface area contributed by atoms with Gasteiger partial charge in [0.25, 0.3) is 0 Å². The summed E-state index contributed by atoms with van der Waals surface area (Å²) in [5.41, 5.74) is 8.43. The Morgan fingerprint density at radius 1 is 0.880 bits per heavy atom. The molecule has 3 N–H and O–H groups in total. The van der Waals surface area contributed by atoms with E-state index in [0.29, 0.717) is 5.69 Å². The van der Waals surface area contributed by atoms with E-state index in [1.54, 1.807) is 6.20 Å². The van der Waals surface area contributed by atoms with Crippen LogP contribution in [0.2, 0.25) is 0 Å². The van der Waals surface area contributed by atoms with Gasteiger partial charge < -0.3 is 5.73 Å². The first-order valence-corrected chi connectivity index (χ1v) is 8.23. The average molecular weight is 363 g/mol. The van der Waals surface area contributed by atoms with Gasteiger partial charge in [0, 0.05) is 0 Å². The number of para-hydroxylation sites is 2. The monoisotopic (exact) mass is 362 g/mol. The molecule has 3 rings (SSSR count). The third-order valence-electron chi connectivity index (χ3n) is 2.90. The second-order valence-corrected chi connectivity index (χ2v) is 5.55. The number of anilines is 3. The Bertz CT molecular complexity index is 792. The van der Waals surface area contributed by atoms with Gasteiger partial charge in [0.2, 0.25) is 0 Å². The van der Waals surface area contributed by atoms with Crippen molar-refractivity contribution in [2.75, 3.05) is 11.1 Å². The van der Waals surface area contributed by atoms with Crippen molar-refractivity contribution in [1.29, 1.82) is 0 Å². The lowest BCUT2D eigenvalue weighted by Crippen LogP contribution is -2.68. The lowest BCUT2D eigenvalue weighted by atomic mass is 10.3. The van der Waals surface area contributed by atoms with E-state index in [1.165, 1.54) is 0 Å². The van der Waals surface area contributed by atoms with Gasteiger partial charge in [-0.25, -0.2) is 24.0 Å². The van der Waals surface area contributed by atoms with Gasteiger partial charge in [-0.3, -0.25) is 0 Å². The van der Waals surface area contributed by atoms with Crippen LogP contribution in [0, 0.1) is 10.2 Å². The number of aromatic nitrogens is 2. The first kappa shape index (κ1) is 18.6. The molecule has 1 aromatic heterocycles. The Hall–Kier alpha value is -2.75. The largest absolute Gasteiger partial charge is 0.397 e. The van der Waals surface area contributed by atoms with Crippen LogP contribution in [0.1, 0.15) is 0 Å². The number of nitrogen functional groups attached to an aromatic ring is 1. The zero-order valence-corrected chi connectivity index (χ0v) is 13.7. The van der Waals surface area contributed by atoms with Crippen molar-refractivity contribution >= 4 is 17.2 Å². The fraction of sp³-hybridized carbons (Fsp3) is 0. The topological polar surface area (TPSA) is 147 Å². The van der Waals surface area contributed by atoms with E-state index < -0.39 is 10.2 Å². The van der Waals surface area contributed by atoms with Crippen LogP contribution in [0.15, 0.2) is 72.9 Å². The Balaban J connectivity index is 0.000000399. The number of nitrogens with two attached hydrogens (primary N) is 1. The van der Waals surface area contributed by atoms with Gasteiger partial charge in [0.15, 0.2) is 5.69 Å². The molecule has 3 aromatic rings. The van der Waals surface area contributed by atoms with E-state index in [4.69, 9.17) is 24.4 Å². The molecule has 9 heteroatoms. The molecule has 0 spiro atoms. The molecule has 0 saturated heterocycles. The molecule has 0 amide bonds. The standard InChI is InChI=1S/C16H14N4.ClHO4/c17-13-11-16(19-14-7-3-1-4-8-14)20(18-12-13)15-9-5-2-6-10-15;2-1(3,4)5/h1-12H,(H2,17,19);(H,2,3,4,5). The van der Waals surface area contributed by atoms with E-state index in [1.807, 2.05) is 71.4 Å². The van der Waals surface area contributed by atoms with Gasteiger partial charge in [-0.05, 0) is 24.3 Å². The van der Waals surface area contributed by atoms with Crippen LogP contribution in [0.25, 0.3) is 5.69 Å². The zero-order valence-electron chi connectivity index (χ0n) is 12.9. The number of halogens is 1. The summed E-state index contributed by atoms with van der Waals surface area (Å²) < 4.78 is 35.8. The molecule has 1 heterocycles. The second kappa shape index (κ2) is 8.38. The molecule has 2 aromatic carbocycles. The van der Waals surface area contributed by atoms with Gasteiger partial charge in [-0.2, -0.15) is 0 Å². The van der Waals surface area contributed by atoms with Crippen molar-refractivity contribution in [3.05, 3.63) is 72.9 Å².